The van der Waals surface area contributed by atoms with Crippen molar-refractivity contribution in [2.24, 2.45) is 0 Å². The maximum Gasteiger partial charge on any atom is 0.167 e. The van der Waals surface area contributed by atoms with Crippen LogP contribution in [0, 0.1) is 3.57 Å². The molecule has 0 fully saturated rings. The predicted molar refractivity (Wildman–Crippen MR) is 96.3 cm³/mol. The van der Waals surface area contributed by atoms with Gasteiger partial charge < -0.3 is 0 Å². The Morgan fingerprint density at radius 3 is 2.65 bits per heavy atom. The lowest BCUT2D eigenvalue weighted by Gasteiger charge is -2.06. The Hall–Kier alpha value is -0.660. The molecule has 102 valence electrons. The molecule has 0 atom stereocenters. The largest absolute Gasteiger partial charge is 0.294 e. The summed E-state index contributed by atoms with van der Waals surface area (Å²) in [6.45, 7) is 0. The van der Waals surface area contributed by atoms with E-state index in [0.29, 0.717) is 16.8 Å². The van der Waals surface area contributed by atoms with E-state index in [2.05, 4.69) is 43.5 Å². The van der Waals surface area contributed by atoms with Crippen molar-refractivity contribution in [1.82, 2.24) is 4.98 Å². The standard InChI is InChI=1S/C15H11BrINOS/c16-11-6-13(17)14(18-9-11)7-12(20)8-15(19)10-4-2-1-3-5-10/h1-6,9H,7-8H2. The van der Waals surface area contributed by atoms with E-state index in [1.807, 2.05) is 36.4 Å². The van der Waals surface area contributed by atoms with Gasteiger partial charge in [0.15, 0.2) is 5.78 Å². The average Bonchev–Trinajstić information content (AvgIpc) is 2.43. The Labute approximate surface area is 145 Å². The molecule has 1 aromatic carbocycles. The summed E-state index contributed by atoms with van der Waals surface area (Å²) < 4.78 is 1.99. The molecule has 0 N–H and O–H groups in total. The van der Waals surface area contributed by atoms with Gasteiger partial charge in [-0.3, -0.25) is 9.78 Å². The molecule has 0 aliphatic rings. The van der Waals surface area contributed by atoms with Gasteiger partial charge in [-0.15, -0.1) is 0 Å². The molecule has 0 saturated carbocycles. The quantitative estimate of drug-likeness (QED) is 0.371. The maximum absolute atomic E-state index is 12.1. The van der Waals surface area contributed by atoms with Gasteiger partial charge in [0.1, 0.15) is 0 Å². The summed E-state index contributed by atoms with van der Waals surface area (Å²) in [7, 11) is 0. The van der Waals surface area contributed by atoms with Gasteiger partial charge in [-0.2, -0.15) is 0 Å². The number of nitrogens with zero attached hydrogens (tertiary/aromatic N) is 1. The molecular formula is C15H11BrINOS. The third-order valence-electron chi connectivity index (χ3n) is 2.70. The second kappa shape index (κ2) is 7.38. The summed E-state index contributed by atoms with van der Waals surface area (Å²) in [6, 6.07) is 11.2. The van der Waals surface area contributed by atoms with Crippen molar-refractivity contribution >= 4 is 61.4 Å². The Balaban J connectivity index is 2.01. The predicted octanol–water partition coefficient (Wildman–Crippen LogP) is 4.63. The fourth-order valence-corrected chi connectivity index (χ4v) is 3.42. The summed E-state index contributed by atoms with van der Waals surface area (Å²) in [5, 5.41) is 0. The third kappa shape index (κ3) is 4.43. The number of ketones is 1. The number of hydrogen-bond donors (Lipinski definition) is 0. The first-order valence-electron chi connectivity index (χ1n) is 5.96. The number of halogens is 2. The Morgan fingerprint density at radius 1 is 1.30 bits per heavy atom. The van der Waals surface area contributed by atoms with Crippen molar-refractivity contribution < 1.29 is 4.79 Å². The van der Waals surface area contributed by atoms with Crippen LogP contribution in [-0.2, 0) is 6.42 Å². The topological polar surface area (TPSA) is 30.0 Å². The molecule has 1 aromatic heterocycles. The average molecular weight is 460 g/mol. The lowest BCUT2D eigenvalue weighted by molar-refractivity contribution is 0.100. The van der Waals surface area contributed by atoms with Crippen molar-refractivity contribution in [1.29, 1.82) is 0 Å². The van der Waals surface area contributed by atoms with E-state index in [4.69, 9.17) is 12.2 Å². The molecule has 0 aliphatic heterocycles. The molecule has 2 rings (SSSR count). The third-order valence-corrected chi connectivity index (χ3v) is 4.36. The maximum atomic E-state index is 12.1. The fourth-order valence-electron chi connectivity index (χ4n) is 1.73. The number of aromatic nitrogens is 1. The highest BCUT2D eigenvalue weighted by molar-refractivity contribution is 14.1. The number of Topliss-reactive ketones (excluding diaryl/α,β-unsaturated/α-hetero) is 1. The first-order valence-corrected chi connectivity index (χ1v) is 8.24. The summed E-state index contributed by atoms with van der Waals surface area (Å²) in [5.74, 6) is 0.0581. The van der Waals surface area contributed by atoms with Crippen LogP contribution >= 0.6 is 50.7 Å². The molecule has 2 nitrogen and oxygen atoms in total. The van der Waals surface area contributed by atoms with Gasteiger partial charge in [-0.05, 0) is 44.6 Å². The smallest absolute Gasteiger partial charge is 0.167 e. The summed E-state index contributed by atoms with van der Waals surface area (Å²) >= 11 is 10.9. The molecule has 0 aliphatic carbocycles. The van der Waals surface area contributed by atoms with Crippen LogP contribution in [0.4, 0.5) is 0 Å². The summed E-state index contributed by atoms with van der Waals surface area (Å²) in [6.07, 6.45) is 2.59. The van der Waals surface area contributed by atoms with Crippen molar-refractivity contribution in [3.8, 4) is 0 Å². The number of thiocarbonyl (C=S) groups is 1. The van der Waals surface area contributed by atoms with Crippen LogP contribution in [0.2, 0.25) is 0 Å². The molecule has 2 aromatic rings. The fraction of sp³-hybridized carbons (Fsp3) is 0.133. The normalized spacial score (nSPS) is 10.3. The zero-order valence-corrected chi connectivity index (χ0v) is 15.0. The number of benzene rings is 1. The molecule has 0 radical (unpaired) electrons. The SMILES string of the molecule is O=C(CC(=S)Cc1ncc(Br)cc1I)c1ccccc1. The van der Waals surface area contributed by atoms with Crippen LogP contribution in [-0.4, -0.2) is 15.6 Å². The lowest BCUT2D eigenvalue weighted by Crippen LogP contribution is -2.10. The first-order chi connectivity index (χ1) is 9.56. The van der Waals surface area contributed by atoms with E-state index >= 15 is 0 Å². The van der Waals surface area contributed by atoms with Gasteiger partial charge >= 0.3 is 0 Å². The number of hydrogen-bond acceptors (Lipinski definition) is 3. The molecule has 5 heteroatoms. The van der Waals surface area contributed by atoms with Crippen LogP contribution in [0.15, 0.2) is 47.1 Å². The van der Waals surface area contributed by atoms with Crippen molar-refractivity contribution in [2.45, 2.75) is 12.8 Å². The van der Waals surface area contributed by atoms with Crippen LogP contribution in [0.1, 0.15) is 22.5 Å². The molecule has 1 heterocycles. The minimum atomic E-state index is 0.0581. The van der Waals surface area contributed by atoms with Crippen LogP contribution < -0.4 is 0 Å². The van der Waals surface area contributed by atoms with E-state index in [0.717, 1.165) is 13.7 Å². The highest BCUT2D eigenvalue weighted by Gasteiger charge is 2.11. The highest BCUT2D eigenvalue weighted by Crippen LogP contribution is 2.17. The Bertz CT molecular complexity index is 646. The van der Waals surface area contributed by atoms with Crippen LogP contribution in [0.5, 0.6) is 0 Å². The second-order valence-electron chi connectivity index (χ2n) is 4.26. The van der Waals surface area contributed by atoms with E-state index in [1.165, 1.54) is 0 Å². The van der Waals surface area contributed by atoms with Gasteiger partial charge in [0.25, 0.3) is 0 Å². The molecule has 0 saturated heterocycles. The minimum absolute atomic E-state index is 0.0581. The zero-order chi connectivity index (χ0) is 14.5. The van der Waals surface area contributed by atoms with Crippen LogP contribution in [0.25, 0.3) is 0 Å². The van der Waals surface area contributed by atoms with Gasteiger partial charge in [-0.25, -0.2) is 0 Å². The monoisotopic (exact) mass is 459 g/mol. The van der Waals surface area contributed by atoms with E-state index in [-0.39, 0.29) is 12.2 Å². The van der Waals surface area contributed by atoms with E-state index < -0.39 is 0 Å². The van der Waals surface area contributed by atoms with E-state index in [1.54, 1.807) is 6.20 Å². The Morgan fingerprint density at radius 2 is 2.00 bits per heavy atom. The summed E-state index contributed by atoms with van der Waals surface area (Å²) in [4.78, 5) is 17.1. The highest BCUT2D eigenvalue weighted by atomic mass is 127. The number of rotatable bonds is 5. The van der Waals surface area contributed by atoms with Gasteiger partial charge in [-0.1, -0.05) is 42.5 Å². The first kappa shape index (κ1) is 15.7. The Kier molecular flexibility index (Phi) is 5.80. The van der Waals surface area contributed by atoms with Gasteiger partial charge in [0, 0.05) is 37.5 Å². The lowest BCUT2D eigenvalue weighted by atomic mass is 10.0. The van der Waals surface area contributed by atoms with Gasteiger partial charge in [0.2, 0.25) is 0 Å². The van der Waals surface area contributed by atoms with Gasteiger partial charge in [0.05, 0.1) is 5.69 Å². The number of pyridine rings is 1. The number of carbonyl (C=O) groups is 1. The summed E-state index contributed by atoms with van der Waals surface area (Å²) in [5.41, 5.74) is 1.62. The van der Waals surface area contributed by atoms with Crippen molar-refractivity contribution in [3.05, 3.63) is 61.9 Å². The number of carbonyl (C=O) groups excluding carboxylic acids is 1. The van der Waals surface area contributed by atoms with Crippen LogP contribution in [0.3, 0.4) is 0 Å². The molecule has 0 unspecified atom stereocenters. The van der Waals surface area contributed by atoms with Crippen molar-refractivity contribution in [3.63, 3.8) is 0 Å². The van der Waals surface area contributed by atoms with E-state index in [9.17, 15) is 4.79 Å². The molecule has 0 amide bonds. The molecule has 20 heavy (non-hydrogen) atoms. The minimum Gasteiger partial charge on any atom is -0.294 e. The molecular weight excluding hydrogens is 449 g/mol. The van der Waals surface area contributed by atoms with Crippen molar-refractivity contribution in [2.75, 3.05) is 0 Å². The zero-order valence-electron chi connectivity index (χ0n) is 10.5. The molecule has 0 spiro atoms. The second-order valence-corrected chi connectivity index (χ2v) is 6.92. The molecule has 0 bridgehead atoms.